The first-order valence-corrected chi connectivity index (χ1v) is 5.51. The van der Waals surface area contributed by atoms with Crippen LogP contribution in [-0.2, 0) is 0 Å². The van der Waals surface area contributed by atoms with E-state index in [9.17, 15) is 5.11 Å². The van der Waals surface area contributed by atoms with Gasteiger partial charge in [0.2, 0.25) is 0 Å². The van der Waals surface area contributed by atoms with Gasteiger partial charge in [-0.3, -0.25) is 0 Å². The number of nitrogens with one attached hydrogen (secondary N) is 1. The molecule has 2 atom stereocenters. The topological polar surface area (TPSA) is 35.5 Å². The van der Waals surface area contributed by atoms with Crippen LogP contribution in [0.4, 0.5) is 11.4 Å². The van der Waals surface area contributed by atoms with Gasteiger partial charge in [-0.1, -0.05) is 12.1 Å². The monoisotopic (exact) mass is 206 g/mol. The van der Waals surface area contributed by atoms with Crippen molar-refractivity contribution < 1.29 is 5.11 Å². The molecule has 82 valence electrons. The third kappa shape index (κ3) is 1.67. The van der Waals surface area contributed by atoms with Gasteiger partial charge in [0.15, 0.2) is 0 Å². The minimum Gasteiger partial charge on any atom is -0.394 e. The summed E-state index contributed by atoms with van der Waals surface area (Å²) in [6.45, 7) is 5.35. The van der Waals surface area contributed by atoms with Crippen molar-refractivity contribution in [3.05, 3.63) is 24.3 Å². The number of aliphatic hydroxyl groups excluding tert-OH is 1. The molecule has 0 saturated carbocycles. The summed E-state index contributed by atoms with van der Waals surface area (Å²) in [7, 11) is 0. The molecule has 3 heteroatoms. The lowest BCUT2D eigenvalue weighted by Gasteiger charge is -2.42. The summed E-state index contributed by atoms with van der Waals surface area (Å²) in [6.07, 6.45) is 0. The third-order valence-electron chi connectivity index (χ3n) is 3.10. The van der Waals surface area contributed by atoms with Gasteiger partial charge in [-0.25, -0.2) is 0 Å². The Morgan fingerprint density at radius 1 is 1.40 bits per heavy atom. The van der Waals surface area contributed by atoms with Gasteiger partial charge >= 0.3 is 0 Å². The summed E-state index contributed by atoms with van der Waals surface area (Å²) in [4.78, 5) is 2.26. The standard InChI is InChI=1S/C12H18N2O/c1-3-14-11-7-5-4-6-10(11)13-9(2)12(14)8-15/h4-7,9,12-13,15H,3,8H2,1-2H3. The summed E-state index contributed by atoms with van der Waals surface area (Å²) < 4.78 is 0. The Morgan fingerprint density at radius 2 is 2.13 bits per heavy atom. The molecular formula is C12H18N2O. The molecule has 0 amide bonds. The van der Waals surface area contributed by atoms with Crippen molar-refractivity contribution >= 4 is 11.4 Å². The van der Waals surface area contributed by atoms with Crippen molar-refractivity contribution in [2.24, 2.45) is 0 Å². The Hall–Kier alpha value is -1.22. The Morgan fingerprint density at radius 3 is 2.80 bits per heavy atom. The largest absolute Gasteiger partial charge is 0.394 e. The van der Waals surface area contributed by atoms with Crippen molar-refractivity contribution in [2.45, 2.75) is 25.9 Å². The number of aliphatic hydroxyl groups is 1. The molecule has 15 heavy (non-hydrogen) atoms. The van der Waals surface area contributed by atoms with Crippen LogP contribution in [0.25, 0.3) is 0 Å². The molecule has 1 aliphatic heterocycles. The number of nitrogens with zero attached hydrogens (tertiary/aromatic N) is 1. The van der Waals surface area contributed by atoms with E-state index in [-0.39, 0.29) is 18.7 Å². The minimum absolute atomic E-state index is 0.171. The van der Waals surface area contributed by atoms with Crippen LogP contribution in [0.5, 0.6) is 0 Å². The van der Waals surface area contributed by atoms with Crippen LogP contribution < -0.4 is 10.2 Å². The van der Waals surface area contributed by atoms with E-state index >= 15 is 0 Å². The fourth-order valence-electron chi connectivity index (χ4n) is 2.30. The van der Waals surface area contributed by atoms with Gasteiger partial charge in [0.05, 0.1) is 24.0 Å². The van der Waals surface area contributed by atoms with E-state index < -0.39 is 0 Å². The van der Waals surface area contributed by atoms with Crippen molar-refractivity contribution in [2.75, 3.05) is 23.4 Å². The van der Waals surface area contributed by atoms with Crippen molar-refractivity contribution in [3.8, 4) is 0 Å². The molecule has 0 radical (unpaired) electrons. The zero-order chi connectivity index (χ0) is 10.8. The molecule has 2 unspecified atom stereocenters. The van der Waals surface area contributed by atoms with E-state index in [1.54, 1.807) is 0 Å². The van der Waals surface area contributed by atoms with E-state index in [1.807, 2.05) is 12.1 Å². The fraction of sp³-hybridized carbons (Fsp3) is 0.500. The van der Waals surface area contributed by atoms with E-state index in [0.717, 1.165) is 12.2 Å². The maximum atomic E-state index is 9.41. The highest BCUT2D eigenvalue weighted by Gasteiger charge is 2.29. The first-order valence-electron chi connectivity index (χ1n) is 5.51. The van der Waals surface area contributed by atoms with Crippen LogP contribution in [0.1, 0.15) is 13.8 Å². The molecule has 0 spiro atoms. The molecule has 0 aliphatic carbocycles. The second kappa shape index (κ2) is 4.11. The van der Waals surface area contributed by atoms with E-state index in [2.05, 4.69) is 36.2 Å². The highest BCUT2D eigenvalue weighted by Crippen LogP contribution is 2.33. The van der Waals surface area contributed by atoms with Crippen molar-refractivity contribution in [1.29, 1.82) is 0 Å². The Balaban J connectivity index is 2.40. The number of fused-ring (bicyclic) bond motifs is 1. The number of likely N-dealkylation sites (N-methyl/N-ethyl adjacent to an activating group) is 1. The van der Waals surface area contributed by atoms with Crippen LogP contribution in [0, 0.1) is 0 Å². The molecule has 0 aromatic heterocycles. The highest BCUT2D eigenvalue weighted by atomic mass is 16.3. The number of rotatable bonds is 2. The van der Waals surface area contributed by atoms with E-state index in [0.29, 0.717) is 0 Å². The van der Waals surface area contributed by atoms with Crippen molar-refractivity contribution in [1.82, 2.24) is 0 Å². The quantitative estimate of drug-likeness (QED) is 0.773. The van der Waals surface area contributed by atoms with Gasteiger partial charge < -0.3 is 15.3 Å². The smallest absolute Gasteiger partial charge is 0.0719 e. The summed E-state index contributed by atoms with van der Waals surface area (Å²) in [5.74, 6) is 0. The van der Waals surface area contributed by atoms with Crippen LogP contribution in [-0.4, -0.2) is 30.3 Å². The SMILES string of the molecule is CCN1c2ccccc2NC(C)C1CO. The lowest BCUT2D eigenvalue weighted by molar-refractivity contribution is 0.248. The number of benzene rings is 1. The molecule has 2 rings (SSSR count). The van der Waals surface area contributed by atoms with E-state index in [4.69, 9.17) is 0 Å². The molecule has 0 bridgehead atoms. The molecule has 0 fully saturated rings. The molecule has 1 aliphatic rings. The number of para-hydroxylation sites is 2. The molecule has 1 aromatic rings. The predicted octanol–water partition coefficient (Wildman–Crippen LogP) is 1.69. The summed E-state index contributed by atoms with van der Waals surface area (Å²) >= 11 is 0. The molecular weight excluding hydrogens is 188 g/mol. The summed E-state index contributed by atoms with van der Waals surface area (Å²) in [5, 5.41) is 12.8. The lowest BCUT2D eigenvalue weighted by Crippen LogP contribution is -2.51. The summed E-state index contributed by atoms with van der Waals surface area (Å²) in [5.41, 5.74) is 2.36. The maximum Gasteiger partial charge on any atom is 0.0719 e. The third-order valence-corrected chi connectivity index (χ3v) is 3.10. The van der Waals surface area contributed by atoms with Crippen LogP contribution in [0.15, 0.2) is 24.3 Å². The summed E-state index contributed by atoms with van der Waals surface area (Å²) in [6, 6.07) is 8.71. The molecule has 0 saturated heterocycles. The zero-order valence-electron chi connectivity index (χ0n) is 9.27. The Kier molecular flexibility index (Phi) is 2.82. The maximum absolute atomic E-state index is 9.41. The van der Waals surface area contributed by atoms with Gasteiger partial charge in [-0.05, 0) is 26.0 Å². The number of hydrogen-bond donors (Lipinski definition) is 2. The average Bonchev–Trinajstić information content (AvgIpc) is 2.27. The molecule has 3 nitrogen and oxygen atoms in total. The van der Waals surface area contributed by atoms with Gasteiger partial charge in [0.1, 0.15) is 0 Å². The van der Waals surface area contributed by atoms with Crippen LogP contribution in [0.3, 0.4) is 0 Å². The fourth-order valence-corrected chi connectivity index (χ4v) is 2.30. The first kappa shape index (κ1) is 10.3. The van der Waals surface area contributed by atoms with Crippen LogP contribution in [0.2, 0.25) is 0 Å². The molecule has 2 N–H and O–H groups in total. The first-order chi connectivity index (χ1) is 7.27. The minimum atomic E-state index is 0.171. The predicted molar refractivity (Wildman–Crippen MR) is 63.4 cm³/mol. The lowest BCUT2D eigenvalue weighted by atomic mass is 10.0. The number of anilines is 2. The Labute approximate surface area is 90.7 Å². The molecule has 1 aromatic carbocycles. The molecule has 1 heterocycles. The van der Waals surface area contributed by atoms with Gasteiger partial charge in [0.25, 0.3) is 0 Å². The second-order valence-corrected chi connectivity index (χ2v) is 3.99. The van der Waals surface area contributed by atoms with Crippen molar-refractivity contribution in [3.63, 3.8) is 0 Å². The average molecular weight is 206 g/mol. The number of hydrogen-bond acceptors (Lipinski definition) is 3. The Bertz CT molecular complexity index is 340. The van der Waals surface area contributed by atoms with Gasteiger partial charge in [-0.2, -0.15) is 0 Å². The highest BCUT2D eigenvalue weighted by molar-refractivity contribution is 5.73. The van der Waals surface area contributed by atoms with Gasteiger partial charge in [0, 0.05) is 12.6 Å². The van der Waals surface area contributed by atoms with Crippen LogP contribution >= 0.6 is 0 Å². The van der Waals surface area contributed by atoms with Gasteiger partial charge in [-0.15, -0.1) is 0 Å². The normalized spacial score (nSPS) is 24.6. The second-order valence-electron chi connectivity index (χ2n) is 3.99. The zero-order valence-corrected chi connectivity index (χ0v) is 9.27. The van der Waals surface area contributed by atoms with E-state index in [1.165, 1.54) is 5.69 Å².